The van der Waals surface area contributed by atoms with Crippen LogP contribution in [-0.2, 0) is 17.8 Å². The lowest BCUT2D eigenvalue weighted by molar-refractivity contribution is 0.0679. The van der Waals surface area contributed by atoms with Gasteiger partial charge >= 0.3 is 0 Å². The Bertz CT molecular complexity index is 559. The maximum Gasteiger partial charge on any atom is 0.0954 e. The van der Waals surface area contributed by atoms with E-state index in [1.54, 1.807) is 11.3 Å². The Kier molecular flexibility index (Phi) is 5.63. The van der Waals surface area contributed by atoms with Gasteiger partial charge in [0.25, 0.3) is 0 Å². The molecule has 1 unspecified atom stereocenters. The summed E-state index contributed by atoms with van der Waals surface area (Å²) in [6.07, 6.45) is 2.78. The van der Waals surface area contributed by atoms with Crippen LogP contribution in [0.5, 0.6) is 0 Å². The lowest BCUT2D eigenvalue weighted by Gasteiger charge is -2.24. The second kappa shape index (κ2) is 7.68. The largest absolute Gasteiger partial charge is 0.377 e. The molecular weight excluding hydrogens is 312 g/mol. The number of thiazole rings is 1. The molecule has 1 atom stereocenters. The van der Waals surface area contributed by atoms with Gasteiger partial charge in [-0.1, -0.05) is 19.9 Å². The maximum absolute atomic E-state index is 5.83. The first kappa shape index (κ1) is 16.1. The second-order valence-corrected chi connectivity index (χ2v) is 8.14. The molecule has 0 N–H and O–H groups in total. The lowest BCUT2D eigenvalue weighted by Crippen LogP contribution is -2.31. The van der Waals surface area contributed by atoms with Crippen LogP contribution in [0.4, 0.5) is 0 Å². The van der Waals surface area contributed by atoms with Gasteiger partial charge in [0.2, 0.25) is 0 Å². The highest BCUT2D eigenvalue weighted by molar-refractivity contribution is 7.10. The van der Waals surface area contributed by atoms with Crippen LogP contribution in [0, 0.1) is 0 Å². The fraction of sp³-hybridized carbons (Fsp3) is 0.588. The summed E-state index contributed by atoms with van der Waals surface area (Å²) in [6, 6.07) is 4.34. The van der Waals surface area contributed by atoms with Crippen molar-refractivity contribution < 1.29 is 4.74 Å². The highest BCUT2D eigenvalue weighted by Crippen LogP contribution is 2.22. The van der Waals surface area contributed by atoms with E-state index >= 15 is 0 Å². The topological polar surface area (TPSA) is 25.4 Å². The van der Waals surface area contributed by atoms with Crippen LogP contribution >= 0.6 is 22.7 Å². The fourth-order valence-electron chi connectivity index (χ4n) is 2.77. The van der Waals surface area contributed by atoms with E-state index in [2.05, 4.69) is 41.6 Å². The summed E-state index contributed by atoms with van der Waals surface area (Å²) in [5, 5.41) is 5.61. The van der Waals surface area contributed by atoms with Crippen LogP contribution in [0.2, 0.25) is 0 Å². The Hall–Kier alpha value is -0.750. The first-order valence-corrected chi connectivity index (χ1v) is 9.77. The van der Waals surface area contributed by atoms with E-state index in [9.17, 15) is 0 Å². The van der Waals surface area contributed by atoms with Crippen molar-refractivity contribution in [3.63, 3.8) is 0 Å². The van der Waals surface area contributed by atoms with Crippen molar-refractivity contribution in [1.82, 2.24) is 9.88 Å². The second-order valence-electron chi connectivity index (χ2n) is 6.22. The monoisotopic (exact) mass is 336 g/mol. The number of rotatable bonds is 7. The average Bonchev–Trinajstić information content (AvgIpc) is 3.19. The highest BCUT2D eigenvalue weighted by atomic mass is 32.1. The molecule has 0 bridgehead atoms. The van der Waals surface area contributed by atoms with E-state index in [1.807, 2.05) is 11.3 Å². The van der Waals surface area contributed by atoms with Crippen molar-refractivity contribution in [2.24, 2.45) is 0 Å². The van der Waals surface area contributed by atoms with Gasteiger partial charge < -0.3 is 4.74 Å². The minimum Gasteiger partial charge on any atom is -0.377 e. The summed E-state index contributed by atoms with van der Waals surface area (Å²) < 4.78 is 5.83. The molecule has 1 aliphatic rings. The summed E-state index contributed by atoms with van der Waals surface area (Å²) in [4.78, 5) is 8.69. The van der Waals surface area contributed by atoms with Gasteiger partial charge in [0.1, 0.15) is 0 Å². The molecular formula is C17H24N2OS2. The Morgan fingerprint density at radius 1 is 1.36 bits per heavy atom. The number of ether oxygens (including phenoxy) is 1. The molecule has 0 aliphatic carbocycles. The molecule has 1 saturated heterocycles. The van der Waals surface area contributed by atoms with Crippen LogP contribution in [-0.4, -0.2) is 29.1 Å². The van der Waals surface area contributed by atoms with Gasteiger partial charge in [0.05, 0.1) is 16.8 Å². The van der Waals surface area contributed by atoms with E-state index < -0.39 is 0 Å². The summed E-state index contributed by atoms with van der Waals surface area (Å²) in [5.41, 5.74) is 1.20. The Labute approximate surface area is 141 Å². The van der Waals surface area contributed by atoms with Gasteiger partial charge in [-0.05, 0) is 24.3 Å². The summed E-state index contributed by atoms with van der Waals surface area (Å²) >= 11 is 3.61. The standard InChI is InChI=1S/C17H24N2OS2/c1-13(2)17-18-14(12-22-17)9-19(10-15-5-3-7-20-15)11-16-6-4-8-21-16/h4,6,8,12-13,15H,3,5,7,9-11H2,1-2H3. The van der Waals surface area contributed by atoms with Crippen LogP contribution in [0.3, 0.4) is 0 Å². The third-order valence-corrected chi connectivity index (χ3v) is 5.95. The smallest absolute Gasteiger partial charge is 0.0954 e. The normalized spacial score (nSPS) is 18.6. The van der Waals surface area contributed by atoms with Crippen LogP contribution < -0.4 is 0 Å². The van der Waals surface area contributed by atoms with Crippen molar-refractivity contribution in [3.05, 3.63) is 38.5 Å². The summed E-state index contributed by atoms with van der Waals surface area (Å²) in [5.74, 6) is 0.516. The molecule has 3 heterocycles. The van der Waals surface area contributed by atoms with E-state index in [0.717, 1.165) is 26.2 Å². The fourth-order valence-corrected chi connectivity index (χ4v) is 4.35. The zero-order valence-electron chi connectivity index (χ0n) is 13.3. The third kappa shape index (κ3) is 4.38. The average molecular weight is 337 g/mol. The number of nitrogens with zero attached hydrogens (tertiary/aromatic N) is 2. The Morgan fingerprint density at radius 3 is 2.91 bits per heavy atom. The maximum atomic E-state index is 5.83. The molecule has 0 saturated carbocycles. The molecule has 2 aromatic heterocycles. The first-order chi connectivity index (χ1) is 10.7. The minimum absolute atomic E-state index is 0.392. The molecule has 1 fully saturated rings. The Balaban J connectivity index is 1.65. The SMILES string of the molecule is CC(C)c1nc(CN(Cc2cccs2)CC2CCCO2)cs1. The van der Waals surface area contributed by atoms with Crippen LogP contribution in [0.1, 0.15) is 48.2 Å². The lowest BCUT2D eigenvalue weighted by atomic mass is 10.2. The molecule has 120 valence electrons. The van der Waals surface area contributed by atoms with Crippen molar-refractivity contribution in [3.8, 4) is 0 Å². The van der Waals surface area contributed by atoms with Gasteiger partial charge in [0.15, 0.2) is 0 Å². The zero-order chi connectivity index (χ0) is 15.4. The van der Waals surface area contributed by atoms with Gasteiger partial charge in [-0.3, -0.25) is 4.90 Å². The molecule has 0 spiro atoms. The van der Waals surface area contributed by atoms with Gasteiger partial charge in [-0.25, -0.2) is 4.98 Å². The molecule has 0 amide bonds. The molecule has 1 aliphatic heterocycles. The third-order valence-electron chi connectivity index (χ3n) is 3.89. The van der Waals surface area contributed by atoms with Crippen molar-refractivity contribution in [1.29, 1.82) is 0 Å². The quantitative estimate of drug-likeness (QED) is 0.744. The van der Waals surface area contributed by atoms with E-state index in [0.29, 0.717) is 12.0 Å². The molecule has 2 aromatic rings. The Morgan fingerprint density at radius 2 is 2.27 bits per heavy atom. The summed E-state index contributed by atoms with van der Waals surface area (Å²) in [6.45, 7) is 8.25. The first-order valence-electron chi connectivity index (χ1n) is 8.01. The van der Waals surface area contributed by atoms with Gasteiger partial charge in [0, 0.05) is 42.4 Å². The molecule has 5 heteroatoms. The van der Waals surface area contributed by atoms with E-state index in [-0.39, 0.29) is 0 Å². The van der Waals surface area contributed by atoms with Crippen molar-refractivity contribution in [2.75, 3.05) is 13.2 Å². The molecule has 22 heavy (non-hydrogen) atoms. The van der Waals surface area contributed by atoms with Crippen LogP contribution in [0.25, 0.3) is 0 Å². The number of hydrogen-bond donors (Lipinski definition) is 0. The number of thiophene rings is 1. The van der Waals surface area contributed by atoms with Gasteiger partial charge in [-0.15, -0.1) is 22.7 Å². The van der Waals surface area contributed by atoms with Crippen molar-refractivity contribution in [2.45, 2.75) is 51.8 Å². The van der Waals surface area contributed by atoms with E-state index in [4.69, 9.17) is 9.72 Å². The van der Waals surface area contributed by atoms with Crippen molar-refractivity contribution >= 4 is 22.7 Å². The minimum atomic E-state index is 0.392. The zero-order valence-corrected chi connectivity index (χ0v) is 15.0. The number of aromatic nitrogens is 1. The van der Waals surface area contributed by atoms with Crippen LogP contribution in [0.15, 0.2) is 22.9 Å². The molecule has 0 aromatic carbocycles. The number of hydrogen-bond acceptors (Lipinski definition) is 5. The molecule has 0 radical (unpaired) electrons. The van der Waals surface area contributed by atoms with Gasteiger partial charge in [-0.2, -0.15) is 0 Å². The predicted octanol–water partition coefficient (Wildman–Crippen LogP) is 4.51. The summed E-state index contributed by atoms with van der Waals surface area (Å²) in [7, 11) is 0. The predicted molar refractivity (Wildman–Crippen MR) is 93.6 cm³/mol. The molecule has 3 rings (SSSR count). The van der Waals surface area contributed by atoms with E-state index in [1.165, 1.54) is 28.4 Å². The highest BCUT2D eigenvalue weighted by Gasteiger charge is 2.20. The molecule has 3 nitrogen and oxygen atoms in total.